The summed E-state index contributed by atoms with van der Waals surface area (Å²) in [6.45, 7) is 3.57. The molecule has 0 aliphatic carbocycles. The third-order valence-corrected chi connectivity index (χ3v) is 4.11. The Morgan fingerprint density at radius 3 is 2.87 bits per heavy atom. The number of anilines is 1. The van der Waals surface area contributed by atoms with E-state index in [1.54, 1.807) is 4.90 Å². The van der Waals surface area contributed by atoms with Crippen LogP contribution in [0.4, 0.5) is 5.69 Å². The average Bonchev–Trinajstić information content (AvgIpc) is 3.20. The lowest BCUT2D eigenvalue weighted by Crippen LogP contribution is -2.24. The predicted octanol–water partition coefficient (Wildman–Crippen LogP) is 1.92. The molecule has 7 nitrogen and oxygen atoms in total. The average molecular weight is 315 g/mol. The zero-order valence-electron chi connectivity index (χ0n) is 12.8. The smallest absolute Gasteiger partial charge is 0.232 e. The standard InChI is InChI=1S/C16H17N3O4/c1-2-14-17-16(23-18-14)10-7-15(20)19(9-10)11-3-4-12-13(8-11)22-6-5-21-12/h3-4,8,10H,2,5-7,9H2,1H3/t10-/m1/s1. The molecule has 2 aliphatic rings. The molecule has 2 aromatic rings. The van der Waals surface area contributed by atoms with Crippen molar-refractivity contribution in [3.63, 3.8) is 0 Å². The van der Waals surface area contributed by atoms with E-state index in [1.807, 2.05) is 25.1 Å². The summed E-state index contributed by atoms with van der Waals surface area (Å²) in [4.78, 5) is 18.4. The molecule has 0 spiro atoms. The maximum absolute atomic E-state index is 12.4. The van der Waals surface area contributed by atoms with Crippen LogP contribution in [0.5, 0.6) is 11.5 Å². The van der Waals surface area contributed by atoms with Crippen LogP contribution in [0.15, 0.2) is 22.7 Å². The minimum Gasteiger partial charge on any atom is -0.486 e. The minimum atomic E-state index is -0.0662. The number of amides is 1. The first-order valence-corrected chi connectivity index (χ1v) is 7.77. The Morgan fingerprint density at radius 2 is 2.09 bits per heavy atom. The van der Waals surface area contributed by atoms with Gasteiger partial charge in [-0.1, -0.05) is 12.1 Å². The minimum absolute atomic E-state index is 0.0444. The summed E-state index contributed by atoms with van der Waals surface area (Å²) in [7, 11) is 0. The first-order chi connectivity index (χ1) is 11.2. The third-order valence-electron chi connectivity index (χ3n) is 4.11. The van der Waals surface area contributed by atoms with Crippen LogP contribution in [0.25, 0.3) is 0 Å². The highest BCUT2D eigenvalue weighted by molar-refractivity contribution is 5.96. The highest BCUT2D eigenvalue weighted by Crippen LogP contribution is 2.37. The third kappa shape index (κ3) is 2.52. The molecule has 1 saturated heterocycles. The van der Waals surface area contributed by atoms with E-state index in [-0.39, 0.29) is 11.8 Å². The van der Waals surface area contributed by atoms with Gasteiger partial charge < -0.3 is 18.9 Å². The summed E-state index contributed by atoms with van der Waals surface area (Å²) in [6, 6.07) is 5.56. The van der Waals surface area contributed by atoms with Gasteiger partial charge in [0.15, 0.2) is 17.3 Å². The molecule has 23 heavy (non-hydrogen) atoms. The van der Waals surface area contributed by atoms with Crippen molar-refractivity contribution in [3.8, 4) is 11.5 Å². The molecule has 1 amide bonds. The zero-order valence-corrected chi connectivity index (χ0v) is 12.8. The topological polar surface area (TPSA) is 77.7 Å². The number of carbonyl (C=O) groups excluding carboxylic acids is 1. The number of fused-ring (bicyclic) bond motifs is 1. The molecule has 2 aliphatic heterocycles. The van der Waals surface area contributed by atoms with E-state index in [4.69, 9.17) is 14.0 Å². The van der Waals surface area contributed by atoms with Crippen LogP contribution >= 0.6 is 0 Å². The van der Waals surface area contributed by atoms with Gasteiger partial charge in [0.2, 0.25) is 11.8 Å². The number of aryl methyl sites for hydroxylation is 1. The Hall–Kier alpha value is -2.57. The number of aromatic nitrogens is 2. The first kappa shape index (κ1) is 14.0. The normalized spacial score (nSPS) is 20.1. The van der Waals surface area contributed by atoms with Crippen molar-refractivity contribution in [2.24, 2.45) is 0 Å². The van der Waals surface area contributed by atoms with Crippen molar-refractivity contribution in [2.75, 3.05) is 24.7 Å². The number of nitrogens with zero attached hydrogens (tertiary/aromatic N) is 3. The van der Waals surface area contributed by atoms with Crippen LogP contribution in [-0.4, -0.2) is 35.8 Å². The molecule has 1 aromatic heterocycles. The van der Waals surface area contributed by atoms with Gasteiger partial charge in [-0.15, -0.1) is 0 Å². The number of hydrogen-bond acceptors (Lipinski definition) is 6. The fourth-order valence-electron chi connectivity index (χ4n) is 2.90. The lowest BCUT2D eigenvalue weighted by Gasteiger charge is -2.22. The van der Waals surface area contributed by atoms with Gasteiger partial charge in [-0.3, -0.25) is 4.79 Å². The molecule has 7 heteroatoms. The van der Waals surface area contributed by atoms with Gasteiger partial charge in [0.1, 0.15) is 13.2 Å². The Labute approximate surface area is 133 Å². The summed E-state index contributed by atoms with van der Waals surface area (Å²) < 4.78 is 16.4. The number of rotatable bonds is 3. The van der Waals surface area contributed by atoms with Crippen LogP contribution in [0.2, 0.25) is 0 Å². The van der Waals surface area contributed by atoms with Crippen LogP contribution in [0, 0.1) is 0 Å². The van der Waals surface area contributed by atoms with Gasteiger partial charge in [-0.05, 0) is 12.1 Å². The summed E-state index contributed by atoms with van der Waals surface area (Å²) >= 11 is 0. The molecule has 0 unspecified atom stereocenters. The quantitative estimate of drug-likeness (QED) is 0.861. The van der Waals surface area contributed by atoms with Gasteiger partial charge in [-0.25, -0.2) is 0 Å². The summed E-state index contributed by atoms with van der Waals surface area (Å²) in [5.41, 5.74) is 0.803. The molecule has 0 radical (unpaired) electrons. The highest BCUT2D eigenvalue weighted by Gasteiger charge is 2.35. The van der Waals surface area contributed by atoms with Crippen molar-refractivity contribution in [1.29, 1.82) is 0 Å². The first-order valence-electron chi connectivity index (χ1n) is 7.77. The van der Waals surface area contributed by atoms with E-state index >= 15 is 0 Å². The molecule has 0 saturated carbocycles. The van der Waals surface area contributed by atoms with E-state index in [0.717, 1.165) is 12.1 Å². The van der Waals surface area contributed by atoms with Gasteiger partial charge in [0, 0.05) is 31.1 Å². The Kier molecular flexibility index (Phi) is 3.40. The van der Waals surface area contributed by atoms with Gasteiger partial charge in [0.25, 0.3) is 0 Å². The van der Waals surface area contributed by atoms with E-state index in [0.29, 0.717) is 49.4 Å². The molecular weight excluding hydrogens is 298 g/mol. The van der Waals surface area contributed by atoms with E-state index in [2.05, 4.69) is 10.1 Å². The second-order valence-corrected chi connectivity index (χ2v) is 5.64. The molecule has 1 atom stereocenters. The molecule has 1 fully saturated rings. The highest BCUT2D eigenvalue weighted by atomic mass is 16.6. The van der Waals surface area contributed by atoms with E-state index in [9.17, 15) is 4.79 Å². The molecule has 1 aromatic carbocycles. The molecule has 4 rings (SSSR count). The number of benzene rings is 1. The molecule has 120 valence electrons. The largest absolute Gasteiger partial charge is 0.486 e. The Balaban J connectivity index is 1.56. The van der Waals surface area contributed by atoms with Crippen LogP contribution in [0.3, 0.4) is 0 Å². The monoisotopic (exact) mass is 315 g/mol. The summed E-state index contributed by atoms with van der Waals surface area (Å²) in [5, 5.41) is 3.91. The van der Waals surface area contributed by atoms with Gasteiger partial charge in [-0.2, -0.15) is 4.98 Å². The molecule has 3 heterocycles. The second kappa shape index (κ2) is 5.57. The number of carbonyl (C=O) groups is 1. The van der Waals surface area contributed by atoms with E-state index in [1.165, 1.54) is 0 Å². The van der Waals surface area contributed by atoms with Crippen molar-refractivity contribution >= 4 is 11.6 Å². The van der Waals surface area contributed by atoms with Crippen molar-refractivity contribution in [1.82, 2.24) is 10.1 Å². The van der Waals surface area contributed by atoms with Crippen LogP contribution in [-0.2, 0) is 11.2 Å². The lowest BCUT2D eigenvalue weighted by molar-refractivity contribution is -0.117. The number of hydrogen-bond donors (Lipinski definition) is 0. The fourth-order valence-corrected chi connectivity index (χ4v) is 2.90. The second-order valence-electron chi connectivity index (χ2n) is 5.64. The van der Waals surface area contributed by atoms with Crippen molar-refractivity contribution in [3.05, 3.63) is 29.9 Å². The van der Waals surface area contributed by atoms with Crippen LogP contribution in [0.1, 0.15) is 31.0 Å². The summed E-state index contributed by atoms with van der Waals surface area (Å²) in [5.74, 6) is 2.58. The maximum atomic E-state index is 12.4. The maximum Gasteiger partial charge on any atom is 0.232 e. The van der Waals surface area contributed by atoms with Gasteiger partial charge >= 0.3 is 0 Å². The van der Waals surface area contributed by atoms with Crippen LogP contribution < -0.4 is 14.4 Å². The van der Waals surface area contributed by atoms with Gasteiger partial charge in [0.05, 0.1) is 5.92 Å². The summed E-state index contributed by atoms with van der Waals surface area (Å²) in [6.07, 6.45) is 1.09. The van der Waals surface area contributed by atoms with E-state index < -0.39 is 0 Å². The molecule has 0 N–H and O–H groups in total. The lowest BCUT2D eigenvalue weighted by atomic mass is 10.1. The fraction of sp³-hybridized carbons (Fsp3) is 0.438. The number of ether oxygens (including phenoxy) is 2. The van der Waals surface area contributed by atoms with Crippen molar-refractivity contribution in [2.45, 2.75) is 25.7 Å². The Bertz CT molecular complexity index is 743. The molecule has 0 bridgehead atoms. The Morgan fingerprint density at radius 1 is 1.26 bits per heavy atom. The molecular formula is C16H17N3O4. The predicted molar refractivity (Wildman–Crippen MR) is 80.8 cm³/mol. The van der Waals surface area contributed by atoms with Crippen molar-refractivity contribution < 1.29 is 18.8 Å². The zero-order chi connectivity index (χ0) is 15.8. The SMILES string of the molecule is CCc1noc([C@@H]2CC(=O)N(c3ccc4c(c3)OCCO4)C2)n1.